The summed E-state index contributed by atoms with van der Waals surface area (Å²) >= 11 is 0. The third-order valence-corrected chi connectivity index (χ3v) is 14.8. The molecule has 0 aliphatic heterocycles. The first-order chi connectivity index (χ1) is 35.6. The Morgan fingerprint density at radius 1 is 0.319 bits per heavy atom. The quantitative estimate of drug-likeness (QED) is 0.171. The topological polar surface area (TPSA) is 115 Å². The molecule has 0 unspecified atom stereocenters. The van der Waals surface area contributed by atoms with Gasteiger partial charge in [-0.3, -0.25) is 0 Å². The number of fused-ring (bicyclic) bond motifs is 12. The van der Waals surface area contributed by atoms with Crippen molar-refractivity contribution in [2.75, 3.05) is 0 Å². The molecule has 8 nitrogen and oxygen atoms in total. The van der Waals surface area contributed by atoms with Crippen molar-refractivity contribution in [2.45, 2.75) is 12.8 Å². The van der Waals surface area contributed by atoms with E-state index in [-0.39, 0.29) is 0 Å². The molecule has 0 amide bonds. The lowest BCUT2D eigenvalue weighted by Gasteiger charge is -2.18. The number of hydrogen-bond donors (Lipinski definition) is 0. The van der Waals surface area contributed by atoms with Gasteiger partial charge >= 0.3 is 0 Å². The summed E-state index contributed by atoms with van der Waals surface area (Å²) < 4.78 is 8.70. The van der Waals surface area contributed by atoms with E-state index in [4.69, 9.17) is 0 Å². The zero-order valence-corrected chi connectivity index (χ0v) is 38.5. The van der Waals surface area contributed by atoms with Crippen molar-refractivity contribution in [3.05, 3.63) is 222 Å². The smallest absolute Gasteiger partial charge is 0.101 e. The zero-order chi connectivity index (χ0) is 48.2. The number of hydrogen-bond acceptors (Lipinski definition) is 4. The van der Waals surface area contributed by atoms with Gasteiger partial charge in [-0.2, -0.15) is 21.0 Å². The van der Waals surface area contributed by atoms with E-state index in [2.05, 4.69) is 152 Å². The molecule has 9 aromatic carbocycles. The van der Waals surface area contributed by atoms with Crippen LogP contribution >= 0.6 is 0 Å². The van der Waals surface area contributed by atoms with Crippen molar-refractivity contribution in [3.8, 4) is 58.2 Å². The molecule has 1 aliphatic rings. The molecule has 0 fully saturated rings. The summed E-state index contributed by atoms with van der Waals surface area (Å²) in [6.07, 6.45) is 6.08. The normalized spacial score (nSPS) is 12.2. The van der Waals surface area contributed by atoms with E-state index >= 15 is 0 Å². The van der Waals surface area contributed by atoms with Crippen molar-refractivity contribution in [3.63, 3.8) is 0 Å². The molecule has 0 saturated heterocycles. The largest absolute Gasteiger partial charge is 0.312 e. The van der Waals surface area contributed by atoms with Crippen molar-refractivity contribution >= 4 is 82.4 Å². The van der Waals surface area contributed by atoms with Crippen LogP contribution in [0, 0.1) is 45.3 Å². The lowest BCUT2D eigenvalue weighted by atomic mass is 9.98. The van der Waals surface area contributed by atoms with Crippen molar-refractivity contribution in [2.24, 2.45) is 0 Å². The van der Waals surface area contributed by atoms with Gasteiger partial charge in [-0.15, -0.1) is 0 Å². The lowest BCUT2D eigenvalue weighted by Crippen LogP contribution is -2.08. The highest BCUT2D eigenvalue weighted by atomic mass is 15.0. The summed E-state index contributed by atoms with van der Waals surface area (Å²) in [5.74, 6) is 0. The van der Waals surface area contributed by atoms with Crippen molar-refractivity contribution < 1.29 is 0 Å². The average molecular weight is 917 g/mol. The Balaban J connectivity index is 0.948. The van der Waals surface area contributed by atoms with Gasteiger partial charge in [0.15, 0.2) is 0 Å². The number of para-hydroxylation sites is 5. The van der Waals surface area contributed by atoms with Crippen LogP contribution in [0.5, 0.6) is 0 Å². The fraction of sp³-hybridized carbons (Fsp3) is 0.0312. The van der Waals surface area contributed by atoms with Crippen LogP contribution < -0.4 is 0 Å². The van der Waals surface area contributed by atoms with Gasteiger partial charge in [0.25, 0.3) is 0 Å². The van der Waals surface area contributed by atoms with Gasteiger partial charge in [0.1, 0.15) is 24.3 Å². The summed E-state index contributed by atoms with van der Waals surface area (Å²) in [4.78, 5) is 0. The highest BCUT2D eigenvalue weighted by Crippen LogP contribution is 2.43. The first-order valence-electron chi connectivity index (χ1n) is 23.9. The molecule has 1 aliphatic carbocycles. The van der Waals surface area contributed by atoms with Crippen LogP contribution in [0.3, 0.4) is 0 Å². The predicted molar refractivity (Wildman–Crippen MR) is 288 cm³/mol. The van der Waals surface area contributed by atoms with Gasteiger partial charge in [-0.25, -0.2) is 0 Å². The Morgan fingerprint density at radius 2 is 0.653 bits per heavy atom. The Hall–Kier alpha value is -10.4. The highest BCUT2D eigenvalue weighted by molar-refractivity contribution is 6.13. The van der Waals surface area contributed by atoms with Gasteiger partial charge in [0, 0.05) is 49.0 Å². The minimum Gasteiger partial charge on any atom is -0.312 e. The average Bonchev–Trinajstić information content (AvgIpc) is 4.17. The van der Waals surface area contributed by atoms with E-state index in [1.807, 2.05) is 72.8 Å². The standard InChI is InChI=1S/C64H36N8/c65-35-41-29-43(37-67)63(33-61(41)69-53-19-7-1-13-45(53)46-14-2-8-20-54(46)69)71-57-23-11-5-17-49(57)51-31-39(25-27-59(51)71)40-26-28-60-52(32-40)50-18-6-12-24-58(50)72(60)64-34-62(42(36-66)30-44(64)38-68)70-55-21-9-3-15-47(55)48-16-4-10-22-56(48)70/h1-11,13-23,25-34H,12,24H2. The Kier molecular flexibility index (Phi) is 8.80. The molecular weight excluding hydrogens is 881 g/mol. The monoisotopic (exact) mass is 916 g/mol. The molecule has 14 rings (SSSR count). The molecule has 0 radical (unpaired) electrons. The molecule has 4 aromatic heterocycles. The number of nitriles is 4. The molecule has 0 N–H and O–H groups in total. The minimum atomic E-state index is 0.402. The summed E-state index contributed by atoms with van der Waals surface area (Å²) in [6.45, 7) is 0. The van der Waals surface area contributed by atoms with Crippen LogP contribution in [-0.4, -0.2) is 18.3 Å². The Bertz CT molecular complexity index is 4640. The fourth-order valence-corrected chi connectivity index (χ4v) is 11.7. The number of allylic oxidation sites excluding steroid dienone is 1. The molecule has 8 heteroatoms. The van der Waals surface area contributed by atoms with Gasteiger partial charge in [0.05, 0.1) is 83.6 Å². The summed E-state index contributed by atoms with van der Waals surface area (Å²) in [5, 5.41) is 50.3. The molecule has 0 saturated carbocycles. The summed E-state index contributed by atoms with van der Waals surface area (Å²) in [5.41, 5.74) is 15.6. The van der Waals surface area contributed by atoms with Gasteiger partial charge in [-0.1, -0.05) is 115 Å². The zero-order valence-electron chi connectivity index (χ0n) is 38.5. The fourth-order valence-electron chi connectivity index (χ4n) is 11.7. The maximum atomic E-state index is 10.8. The molecule has 72 heavy (non-hydrogen) atoms. The number of nitrogens with zero attached hydrogens (tertiary/aromatic N) is 8. The third-order valence-electron chi connectivity index (χ3n) is 14.8. The molecule has 0 atom stereocenters. The second-order valence-electron chi connectivity index (χ2n) is 18.4. The van der Waals surface area contributed by atoms with Crippen LogP contribution in [0.2, 0.25) is 0 Å². The minimum absolute atomic E-state index is 0.402. The molecular formula is C64H36N8. The van der Waals surface area contributed by atoms with Crippen molar-refractivity contribution in [1.29, 1.82) is 21.0 Å². The number of rotatable bonds is 5. The molecule has 4 heterocycles. The van der Waals surface area contributed by atoms with Gasteiger partial charge in [-0.05, 0) is 103 Å². The number of aromatic nitrogens is 4. The van der Waals surface area contributed by atoms with Gasteiger partial charge < -0.3 is 18.3 Å². The van der Waals surface area contributed by atoms with Crippen LogP contribution in [0.1, 0.15) is 39.9 Å². The van der Waals surface area contributed by atoms with E-state index < -0.39 is 0 Å². The number of benzene rings is 9. The van der Waals surface area contributed by atoms with Crippen LogP contribution in [0.25, 0.3) is 116 Å². The second kappa shape index (κ2) is 15.6. The van der Waals surface area contributed by atoms with Crippen LogP contribution in [0.15, 0.2) is 188 Å². The molecule has 13 aromatic rings. The van der Waals surface area contributed by atoms with Crippen LogP contribution in [-0.2, 0) is 6.42 Å². The van der Waals surface area contributed by atoms with Crippen molar-refractivity contribution in [1.82, 2.24) is 18.3 Å². The third kappa shape index (κ3) is 5.70. The van der Waals surface area contributed by atoms with E-state index in [1.54, 1.807) is 12.1 Å². The van der Waals surface area contributed by atoms with E-state index in [1.165, 1.54) is 0 Å². The van der Waals surface area contributed by atoms with E-state index in [9.17, 15) is 21.0 Å². The SMILES string of the molecule is N#Cc1cc(C#N)c(-n2c3ccccc3c3ccccc32)cc1-n1c2c(c3cc(-c4ccc5c(c4)c4ccccc4n5-c4cc(-n5c6ccccc6c6ccccc65)c(C#N)cc4C#N)ccc31)C=CCC2. The molecule has 0 spiro atoms. The Morgan fingerprint density at radius 3 is 1.06 bits per heavy atom. The van der Waals surface area contributed by atoms with E-state index in [0.717, 1.165) is 123 Å². The summed E-state index contributed by atoms with van der Waals surface area (Å²) in [6, 6.07) is 71.6. The van der Waals surface area contributed by atoms with E-state index in [0.29, 0.717) is 33.6 Å². The summed E-state index contributed by atoms with van der Waals surface area (Å²) in [7, 11) is 0. The first kappa shape index (κ1) is 40.7. The second-order valence-corrected chi connectivity index (χ2v) is 18.4. The predicted octanol–water partition coefficient (Wildman–Crippen LogP) is 15.0. The first-order valence-corrected chi connectivity index (χ1v) is 23.9. The highest BCUT2D eigenvalue weighted by Gasteiger charge is 2.26. The maximum absolute atomic E-state index is 10.8. The van der Waals surface area contributed by atoms with Gasteiger partial charge in [0.2, 0.25) is 0 Å². The van der Waals surface area contributed by atoms with Crippen LogP contribution in [0.4, 0.5) is 0 Å². The molecule has 0 bridgehead atoms. The maximum Gasteiger partial charge on any atom is 0.101 e. The Labute approximate surface area is 412 Å². The lowest BCUT2D eigenvalue weighted by molar-refractivity contribution is 0.886. The molecule has 332 valence electrons.